The van der Waals surface area contributed by atoms with Gasteiger partial charge in [-0.15, -0.1) is 0 Å². The highest BCUT2D eigenvalue weighted by atomic mass is 32.2. The Labute approximate surface area is 91.6 Å². The molecule has 0 aromatic carbocycles. The van der Waals surface area contributed by atoms with Crippen molar-refractivity contribution in [1.29, 1.82) is 0 Å². The van der Waals surface area contributed by atoms with Gasteiger partial charge in [-0.3, -0.25) is 0 Å². The van der Waals surface area contributed by atoms with Crippen molar-refractivity contribution in [3.63, 3.8) is 0 Å². The van der Waals surface area contributed by atoms with E-state index in [4.69, 9.17) is 10.8 Å². The van der Waals surface area contributed by atoms with Crippen LogP contribution in [-0.2, 0) is 0 Å². The Hall–Kier alpha value is 0.270. The predicted octanol–water partition coefficient (Wildman–Crippen LogP) is 2.01. The fraction of sp³-hybridized carbons (Fsp3) is 1.00. The summed E-state index contributed by atoms with van der Waals surface area (Å²) >= 11 is 2.01. The lowest BCUT2D eigenvalue weighted by atomic mass is 9.91. The van der Waals surface area contributed by atoms with Crippen molar-refractivity contribution in [3.05, 3.63) is 0 Å². The van der Waals surface area contributed by atoms with Crippen molar-refractivity contribution in [1.82, 2.24) is 0 Å². The van der Waals surface area contributed by atoms with Crippen LogP contribution < -0.4 is 5.73 Å². The Bertz CT molecular complexity index is 154. The first-order valence-corrected chi connectivity index (χ1v) is 6.75. The van der Waals surface area contributed by atoms with Crippen LogP contribution in [0.15, 0.2) is 0 Å². The van der Waals surface area contributed by atoms with Crippen LogP contribution in [0, 0.1) is 5.92 Å². The first kappa shape index (κ1) is 12.3. The molecule has 0 aliphatic heterocycles. The van der Waals surface area contributed by atoms with Gasteiger partial charge in [-0.2, -0.15) is 11.8 Å². The van der Waals surface area contributed by atoms with Crippen molar-refractivity contribution in [2.75, 3.05) is 12.4 Å². The topological polar surface area (TPSA) is 46.2 Å². The summed E-state index contributed by atoms with van der Waals surface area (Å²) in [6, 6.07) is 0.183. The fourth-order valence-corrected chi connectivity index (χ4v) is 3.52. The second-order valence-corrected chi connectivity index (χ2v) is 5.83. The largest absolute Gasteiger partial charge is 0.396 e. The van der Waals surface area contributed by atoms with Crippen molar-refractivity contribution < 1.29 is 5.11 Å². The molecule has 0 aromatic rings. The summed E-state index contributed by atoms with van der Waals surface area (Å²) in [6.07, 6.45) is 6.25. The lowest BCUT2D eigenvalue weighted by Crippen LogP contribution is -2.26. The number of aliphatic hydroxyl groups excluding tert-OH is 1. The summed E-state index contributed by atoms with van der Waals surface area (Å²) < 4.78 is 0. The molecule has 84 valence electrons. The zero-order chi connectivity index (χ0) is 10.4. The van der Waals surface area contributed by atoms with Crippen molar-refractivity contribution in [3.8, 4) is 0 Å². The smallest absolute Gasteiger partial charge is 0.0446 e. The SMILES string of the molecule is CC1CCCC(SCC(N)CCO)C1. The van der Waals surface area contributed by atoms with Gasteiger partial charge >= 0.3 is 0 Å². The summed E-state index contributed by atoms with van der Waals surface area (Å²) in [6.45, 7) is 2.57. The van der Waals surface area contributed by atoms with E-state index in [1.54, 1.807) is 0 Å². The highest BCUT2D eigenvalue weighted by Gasteiger charge is 2.19. The molecule has 0 saturated heterocycles. The van der Waals surface area contributed by atoms with Crippen molar-refractivity contribution in [2.45, 2.75) is 50.3 Å². The lowest BCUT2D eigenvalue weighted by Gasteiger charge is -2.27. The molecular weight excluding hydrogens is 194 g/mol. The predicted molar refractivity (Wildman–Crippen MR) is 63.6 cm³/mol. The van der Waals surface area contributed by atoms with Crippen LogP contribution in [0.2, 0.25) is 0 Å². The second-order valence-electron chi connectivity index (χ2n) is 4.50. The van der Waals surface area contributed by atoms with Gasteiger partial charge in [0.1, 0.15) is 0 Å². The Kier molecular flexibility index (Phi) is 5.90. The number of nitrogens with two attached hydrogens (primary N) is 1. The standard InChI is InChI=1S/C11H23NOS/c1-9-3-2-4-11(7-9)14-8-10(12)5-6-13/h9-11,13H,2-8,12H2,1H3. The second kappa shape index (κ2) is 6.70. The minimum atomic E-state index is 0.183. The van der Waals surface area contributed by atoms with E-state index in [-0.39, 0.29) is 12.6 Å². The number of thioether (sulfide) groups is 1. The molecule has 3 unspecified atom stereocenters. The molecule has 0 spiro atoms. The Morgan fingerprint density at radius 3 is 2.93 bits per heavy atom. The molecule has 0 radical (unpaired) electrons. The van der Waals surface area contributed by atoms with Gasteiger partial charge in [-0.25, -0.2) is 0 Å². The third kappa shape index (κ3) is 4.67. The summed E-state index contributed by atoms with van der Waals surface area (Å²) in [7, 11) is 0. The Balaban J connectivity index is 2.10. The van der Waals surface area contributed by atoms with Crippen LogP contribution in [0.25, 0.3) is 0 Å². The Morgan fingerprint density at radius 1 is 1.50 bits per heavy atom. The van der Waals surface area contributed by atoms with Gasteiger partial charge in [0.2, 0.25) is 0 Å². The van der Waals surface area contributed by atoms with Crippen LogP contribution >= 0.6 is 11.8 Å². The number of hydrogen-bond acceptors (Lipinski definition) is 3. The molecule has 1 fully saturated rings. The van der Waals surface area contributed by atoms with E-state index in [2.05, 4.69) is 6.92 Å². The van der Waals surface area contributed by atoms with E-state index in [0.29, 0.717) is 0 Å². The average Bonchev–Trinajstić information content (AvgIpc) is 2.15. The maximum Gasteiger partial charge on any atom is 0.0446 e. The monoisotopic (exact) mass is 217 g/mol. The van der Waals surface area contributed by atoms with Gasteiger partial charge in [0.05, 0.1) is 0 Å². The summed E-state index contributed by atoms with van der Waals surface area (Å²) in [4.78, 5) is 0. The normalized spacial score (nSPS) is 30.2. The number of hydrogen-bond donors (Lipinski definition) is 2. The molecule has 3 atom stereocenters. The van der Waals surface area contributed by atoms with Crippen LogP contribution in [0.5, 0.6) is 0 Å². The third-order valence-corrected chi connectivity index (χ3v) is 4.45. The first-order valence-electron chi connectivity index (χ1n) is 5.70. The van der Waals surface area contributed by atoms with Gasteiger partial charge in [-0.1, -0.05) is 19.8 Å². The molecule has 2 nitrogen and oxygen atoms in total. The molecule has 0 heterocycles. The van der Waals surface area contributed by atoms with Gasteiger partial charge < -0.3 is 10.8 Å². The van der Waals surface area contributed by atoms with E-state index >= 15 is 0 Å². The zero-order valence-electron chi connectivity index (χ0n) is 9.11. The summed E-state index contributed by atoms with van der Waals surface area (Å²) in [5.41, 5.74) is 5.86. The van der Waals surface area contributed by atoms with Crippen LogP contribution in [0.1, 0.15) is 39.0 Å². The van der Waals surface area contributed by atoms with E-state index in [0.717, 1.165) is 23.3 Å². The molecule has 1 saturated carbocycles. The molecular formula is C11H23NOS. The van der Waals surface area contributed by atoms with Crippen molar-refractivity contribution in [2.24, 2.45) is 11.7 Å². The lowest BCUT2D eigenvalue weighted by molar-refractivity contribution is 0.279. The molecule has 1 rings (SSSR count). The fourth-order valence-electron chi connectivity index (χ4n) is 2.04. The quantitative estimate of drug-likeness (QED) is 0.740. The maximum atomic E-state index is 8.73. The Morgan fingerprint density at radius 2 is 2.29 bits per heavy atom. The first-order chi connectivity index (χ1) is 6.72. The zero-order valence-corrected chi connectivity index (χ0v) is 9.93. The summed E-state index contributed by atoms with van der Waals surface area (Å²) in [5.74, 6) is 1.91. The van der Waals surface area contributed by atoms with Crippen LogP contribution in [0.3, 0.4) is 0 Å². The van der Waals surface area contributed by atoms with Crippen LogP contribution in [-0.4, -0.2) is 28.8 Å². The molecule has 0 bridgehead atoms. The average molecular weight is 217 g/mol. The molecule has 3 heteroatoms. The van der Waals surface area contributed by atoms with Gasteiger partial charge in [0, 0.05) is 23.7 Å². The van der Waals surface area contributed by atoms with Gasteiger partial charge in [-0.05, 0) is 25.2 Å². The molecule has 1 aliphatic rings. The molecule has 1 aliphatic carbocycles. The van der Waals surface area contributed by atoms with Crippen LogP contribution in [0.4, 0.5) is 0 Å². The summed E-state index contributed by atoms with van der Waals surface area (Å²) in [5, 5.41) is 9.55. The molecule has 14 heavy (non-hydrogen) atoms. The van der Waals surface area contributed by atoms with Gasteiger partial charge in [0.25, 0.3) is 0 Å². The molecule has 0 amide bonds. The number of rotatable bonds is 5. The van der Waals surface area contributed by atoms with Crippen molar-refractivity contribution >= 4 is 11.8 Å². The minimum absolute atomic E-state index is 0.183. The maximum absolute atomic E-state index is 8.73. The third-order valence-electron chi connectivity index (χ3n) is 2.93. The van der Waals surface area contributed by atoms with E-state index in [1.165, 1.54) is 25.7 Å². The van der Waals surface area contributed by atoms with E-state index in [9.17, 15) is 0 Å². The minimum Gasteiger partial charge on any atom is -0.396 e. The highest BCUT2D eigenvalue weighted by molar-refractivity contribution is 7.99. The molecule has 3 N–H and O–H groups in total. The van der Waals surface area contributed by atoms with Gasteiger partial charge in [0.15, 0.2) is 0 Å². The highest BCUT2D eigenvalue weighted by Crippen LogP contribution is 2.32. The van der Waals surface area contributed by atoms with E-state index < -0.39 is 0 Å². The number of aliphatic hydroxyl groups is 1. The van der Waals surface area contributed by atoms with E-state index in [1.807, 2.05) is 11.8 Å². The molecule has 0 aromatic heterocycles.